The van der Waals surface area contributed by atoms with Crippen LogP contribution in [0.4, 0.5) is 0 Å². The molecule has 1 aromatic heterocycles. The summed E-state index contributed by atoms with van der Waals surface area (Å²) in [4.78, 5) is 0. The number of benzene rings is 1. The lowest BCUT2D eigenvalue weighted by Crippen LogP contribution is -2.03. The van der Waals surface area contributed by atoms with Crippen LogP contribution in [0.1, 0.15) is 36.7 Å². The summed E-state index contributed by atoms with van der Waals surface area (Å²) >= 11 is 5.86. The Morgan fingerprint density at radius 1 is 1.25 bits per heavy atom. The lowest BCUT2D eigenvalue weighted by molar-refractivity contribution is 0.276. The third-order valence-corrected chi connectivity index (χ3v) is 3.28. The third-order valence-electron chi connectivity index (χ3n) is 3.02. The molecule has 0 unspecified atom stereocenters. The van der Waals surface area contributed by atoms with E-state index in [2.05, 4.69) is 17.2 Å². The Labute approximate surface area is 123 Å². The van der Waals surface area contributed by atoms with Gasteiger partial charge in [-0.1, -0.05) is 48.4 Å². The molecule has 0 amide bonds. The highest BCUT2D eigenvalue weighted by Gasteiger charge is 2.08. The van der Waals surface area contributed by atoms with Crippen LogP contribution in [0.2, 0.25) is 5.02 Å². The average Bonchev–Trinajstić information content (AvgIpc) is 2.86. The molecule has 0 aliphatic heterocycles. The quantitative estimate of drug-likeness (QED) is 0.887. The fraction of sp³-hybridized carbons (Fsp3) is 0.333. The Morgan fingerprint density at radius 2 is 2.00 bits per heavy atom. The Balaban J connectivity index is 2.22. The van der Waals surface area contributed by atoms with Crippen molar-refractivity contribution in [1.82, 2.24) is 15.0 Å². The number of nitrogens with zero attached hydrogens (tertiary/aromatic N) is 3. The number of aliphatic hydroxyl groups excluding tert-OH is 1. The maximum Gasteiger partial charge on any atom is 0.115 e. The van der Waals surface area contributed by atoms with Crippen molar-refractivity contribution in [2.75, 3.05) is 0 Å². The van der Waals surface area contributed by atoms with Crippen LogP contribution in [-0.2, 0) is 13.2 Å². The number of rotatable bonds is 6. The molecule has 0 fully saturated rings. The zero-order chi connectivity index (χ0) is 14.4. The molecular formula is C15H18ClN3O. The molecule has 5 heteroatoms. The van der Waals surface area contributed by atoms with Crippen LogP contribution in [0, 0.1) is 0 Å². The molecule has 0 radical (unpaired) electrons. The van der Waals surface area contributed by atoms with Gasteiger partial charge in [-0.25, -0.2) is 4.68 Å². The molecule has 1 aromatic carbocycles. The molecule has 0 atom stereocenters. The van der Waals surface area contributed by atoms with Gasteiger partial charge in [-0.15, -0.1) is 5.10 Å². The molecular weight excluding hydrogens is 274 g/mol. The normalized spacial score (nSPS) is 11.3. The summed E-state index contributed by atoms with van der Waals surface area (Å²) in [5.74, 6) is 0. The molecule has 2 aromatic rings. The molecule has 106 valence electrons. The molecule has 0 bridgehead atoms. The minimum absolute atomic E-state index is 0.105. The minimum Gasteiger partial charge on any atom is -0.390 e. The minimum atomic E-state index is -0.105. The van der Waals surface area contributed by atoms with Gasteiger partial charge < -0.3 is 5.11 Å². The first-order valence-corrected chi connectivity index (χ1v) is 7.09. The van der Waals surface area contributed by atoms with Crippen LogP contribution in [-0.4, -0.2) is 20.1 Å². The van der Waals surface area contributed by atoms with E-state index in [0.29, 0.717) is 10.7 Å². The van der Waals surface area contributed by atoms with Gasteiger partial charge in [0.05, 0.1) is 12.3 Å². The van der Waals surface area contributed by atoms with Crippen molar-refractivity contribution in [1.29, 1.82) is 0 Å². The average molecular weight is 292 g/mol. The summed E-state index contributed by atoms with van der Waals surface area (Å²) < 4.78 is 1.83. The lowest BCUT2D eigenvalue weighted by Gasteiger charge is -2.02. The molecule has 1 heterocycles. The SMILES string of the molecule is CCCCn1nnc(CO)c1/C=C/c1ccc(Cl)cc1. The molecule has 0 saturated carbocycles. The van der Waals surface area contributed by atoms with Crippen molar-refractivity contribution < 1.29 is 5.11 Å². The highest BCUT2D eigenvalue weighted by molar-refractivity contribution is 6.30. The van der Waals surface area contributed by atoms with E-state index in [-0.39, 0.29) is 6.61 Å². The highest BCUT2D eigenvalue weighted by atomic mass is 35.5. The summed E-state index contributed by atoms with van der Waals surface area (Å²) in [6.07, 6.45) is 6.03. The first-order valence-electron chi connectivity index (χ1n) is 6.71. The Hall–Kier alpha value is -1.65. The van der Waals surface area contributed by atoms with E-state index in [0.717, 1.165) is 30.6 Å². The second kappa shape index (κ2) is 7.22. The zero-order valence-corrected chi connectivity index (χ0v) is 12.2. The van der Waals surface area contributed by atoms with Crippen molar-refractivity contribution in [3.05, 3.63) is 46.2 Å². The Kier molecular flexibility index (Phi) is 5.32. The smallest absolute Gasteiger partial charge is 0.115 e. The van der Waals surface area contributed by atoms with E-state index in [1.54, 1.807) is 0 Å². The molecule has 0 saturated heterocycles. The van der Waals surface area contributed by atoms with Gasteiger partial charge in [0.2, 0.25) is 0 Å². The van der Waals surface area contributed by atoms with Crippen LogP contribution < -0.4 is 0 Å². The van der Waals surface area contributed by atoms with Gasteiger partial charge in [-0.3, -0.25) is 0 Å². The van der Waals surface area contributed by atoms with Crippen LogP contribution in [0.5, 0.6) is 0 Å². The maximum atomic E-state index is 9.32. The highest BCUT2D eigenvalue weighted by Crippen LogP contribution is 2.14. The maximum absolute atomic E-state index is 9.32. The van der Waals surface area contributed by atoms with Gasteiger partial charge in [-0.2, -0.15) is 0 Å². The molecule has 0 aliphatic rings. The van der Waals surface area contributed by atoms with Crippen molar-refractivity contribution in [3.8, 4) is 0 Å². The molecule has 2 rings (SSSR count). The number of hydrogen-bond donors (Lipinski definition) is 1. The van der Waals surface area contributed by atoms with Crippen LogP contribution in [0.15, 0.2) is 24.3 Å². The fourth-order valence-corrected chi connectivity index (χ4v) is 2.00. The number of aliphatic hydroxyl groups is 1. The third kappa shape index (κ3) is 3.68. The van der Waals surface area contributed by atoms with E-state index in [9.17, 15) is 5.11 Å². The summed E-state index contributed by atoms with van der Waals surface area (Å²) in [5.41, 5.74) is 2.50. The van der Waals surface area contributed by atoms with Gasteiger partial charge >= 0.3 is 0 Å². The molecule has 0 spiro atoms. The van der Waals surface area contributed by atoms with Crippen molar-refractivity contribution in [2.45, 2.75) is 32.9 Å². The van der Waals surface area contributed by atoms with Crippen LogP contribution in [0.25, 0.3) is 12.2 Å². The predicted molar refractivity (Wildman–Crippen MR) is 81.2 cm³/mol. The van der Waals surface area contributed by atoms with E-state index in [1.807, 2.05) is 41.1 Å². The van der Waals surface area contributed by atoms with Crippen molar-refractivity contribution in [2.24, 2.45) is 0 Å². The van der Waals surface area contributed by atoms with Crippen LogP contribution in [0.3, 0.4) is 0 Å². The number of halogens is 1. The van der Waals surface area contributed by atoms with Crippen molar-refractivity contribution >= 4 is 23.8 Å². The number of aromatic nitrogens is 3. The second-order valence-corrected chi connectivity index (χ2v) is 4.98. The zero-order valence-electron chi connectivity index (χ0n) is 11.5. The summed E-state index contributed by atoms with van der Waals surface area (Å²) in [6, 6.07) is 7.58. The van der Waals surface area contributed by atoms with Gasteiger partial charge in [0.15, 0.2) is 0 Å². The van der Waals surface area contributed by atoms with Gasteiger partial charge in [0, 0.05) is 11.6 Å². The van der Waals surface area contributed by atoms with Crippen LogP contribution >= 0.6 is 11.6 Å². The Bertz CT molecular complexity index is 575. The molecule has 20 heavy (non-hydrogen) atoms. The van der Waals surface area contributed by atoms with E-state index < -0.39 is 0 Å². The lowest BCUT2D eigenvalue weighted by atomic mass is 10.2. The standard InChI is InChI=1S/C15H18ClN3O/c1-2-3-10-19-15(14(11-20)17-18-19)9-6-12-4-7-13(16)8-5-12/h4-9,20H,2-3,10-11H2,1H3/b9-6+. The first kappa shape index (κ1) is 14.8. The largest absolute Gasteiger partial charge is 0.390 e. The Morgan fingerprint density at radius 3 is 2.65 bits per heavy atom. The monoisotopic (exact) mass is 291 g/mol. The molecule has 4 nitrogen and oxygen atoms in total. The molecule has 1 N–H and O–H groups in total. The van der Waals surface area contributed by atoms with E-state index in [1.165, 1.54) is 0 Å². The number of unbranched alkanes of at least 4 members (excludes halogenated alkanes) is 1. The van der Waals surface area contributed by atoms with Gasteiger partial charge in [-0.05, 0) is 30.2 Å². The van der Waals surface area contributed by atoms with E-state index in [4.69, 9.17) is 11.6 Å². The summed E-state index contributed by atoms with van der Waals surface area (Å²) in [6.45, 7) is 2.84. The molecule has 0 aliphatic carbocycles. The number of aryl methyl sites for hydroxylation is 1. The fourth-order valence-electron chi connectivity index (χ4n) is 1.87. The first-order chi connectivity index (χ1) is 9.74. The summed E-state index contributed by atoms with van der Waals surface area (Å²) in [5, 5.41) is 18.1. The summed E-state index contributed by atoms with van der Waals surface area (Å²) in [7, 11) is 0. The second-order valence-electron chi connectivity index (χ2n) is 4.54. The van der Waals surface area contributed by atoms with Gasteiger partial charge in [0.25, 0.3) is 0 Å². The van der Waals surface area contributed by atoms with E-state index >= 15 is 0 Å². The topological polar surface area (TPSA) is 50.9 Å². The van der Waals surface area contributed by atoms with Gasteiger partial charge in [0.1, 0.15) is 5.69 Å². The number of hydrogen-bond acceptors (Lipinski definition) is 3. The van der Waals surface area contributed by atoms with Crippen molar-refractivity contribution in [3.63, 3.8) is 0 Å². The predicted octanol–water partition coefficient (Wildman–Crippen LogP) is 3.39.